The molecule has 6 rings (SSSR count). The van der Waals surface area contributed by atoms with Crippen LogP contribution in [0.2, 0.25) is 0 Å². The van der Waals surface area contributed by atoms with Gasteiger partial charge in [0.05, 0.1) is 0 Å². The molecule has 2 aliphatic carbocycles. The molecule has 2 atom stereocenters. The van der Waals surface area contributed by atoms with E-state index in [2.05, 4.69) is 12.2 Å². The number of carbonyl (C=O) groups excluding carboxylic acids is 2. The molecule has 0 aliphatic heterocycles. The molecule has 0 saturated carbocycles. The van der Waals surface area contributed by atoms with Gasteiger partial charge in [-0.3, -0.25) is 0 Å². The summed E-state index contributed by atoms with van der Waals surface area (Å²) in [6, 6.07) is 33.9. The molecule has 0 fully saturated rings. The zero-order valence-electron chi connectivity index (χ0n) is 20.0. The molecule has 0 bridgehead atoms. The first kappa shape index (κ1) is 23.4. The third kappa shape index (κ3) is 4.29. The average molecular weight is 520 g/mol. The van der Waals surface area contributed by atoms with Gasteiger partial charge in [0.15, 0.2) is 0 Å². The number of fused-ring (bicyclic) bond motifs is 2. The molecule has 180 valence electrons. The van der Waals surface area contributed by atoms with Gasteiger partial charge in [-0.05, 0) is 0 Å². The Morgan fingerprint density at radius 1 is 0.514 bits per heavy atom. The quantitative estimate of drug-likeness (QED) is 0.252. The van der Waals surface area contributed by atoms with Gasteiger partial charge >= 0.3 is 221 Å². The van der Waals surface area contributed by atoms with Crippen LogP contribution in [0.25, 0.3) is 12.2 Å². The fourth-order valence-corrected chi connectivity index (χ4v) is 11.3. The maximum absolute atomic E-state index is 13.7. The molecule has 2 aliphatic rings. The third-order valence-electron chi connectivity index (χ3n) is 6.99. The molecule has 4 aromatic carbocycles. The van der Waals surface area contributed by atoms with Crippen molar-refractivity contribution in [2.45, 2.75) is 8.45 Å². The Hall–Kier alpha value is -3.99. The summed E-state index contributed by atoms with van der Waals surface area (Å²) >= 11 is -4.54. The van der Waals surface area contributed by atoms with E-state index in [1.54, 1.807) is 48.5 Å². The van der Waals surface area contributed by atoms with E-state index in [9.17, 15) is 9.59 Å². The molecule has 4 aromatic rings. The minimum atomic E-state index is -4.54. The first-order valence-electron chi connectivity index (χ1n) is 12.3. The molecular formula is C32H24O4Ti. The Labute approximate surface area is 220 Å². The average Bonchev–Trinajstić information content (AvgIpc) is 3.59. The van der Waals surface area contributed by atoms with Gasteiger partial charge in [0, 0.05) is 0 Å². The second kappa shape index (κ2) is 9.81. The van der Waals surface area contributed by atoms with Crippen molar-refractivity contribution in [3.8, 4) is 0 Å². The third-order valence-corrected chi connectivity index (χ3v) is 12.8. The van der Waals surface area contributed by atoms with Crippen LogP contribution in [0.15, 0.2) is 121 Å². The monoisotopic (exact) mass is 520 g/mol. The summed E-state index contributed by atoms with van der Waals surface area (Å²) in [5.41, 5.74) is 4.98. The SMILES string of the molecule is O=C([O][Ti]([O]C(=O)c1ccccc1)([CH]1C=Cc2ccccc21)[CH]1C=Cc2ccccc21)c1ccccc1. The van der Waals surface area contributed by atoms with E-state index < -0.39 is 29.3 Å². The molecular weight excluding hydrogens is 496 g/mol. The van der Waals surface area contributed by atoms with Crippen molar-refractivity contribution in [3.63, 3.8) is 0 Å². The van der Waals surface area contributed by atoms with Gasteiger partial charge in [0.1, 0.15) is 0 Å². The molecule has 4 nitrogen and oxygen atoms in total. The Bertz CT molecular complexity index is 1410. The molecule has 5 heteroatoms. The van der Waals surface area contributed by atoms with Gasteiger partial charge in [0.2, 0.25) is 0 Å². The zero-order chi connectivity index (χ0) is 25.2. The first-order chi connectivity index (χ1) is 18.2. The molecule has 0 heterocycles. The predicted octanol–water partition coefficient (Wildman–Crippen LogP) is 7.22. The minimum absolute atomic E-state index is 0.336. The molecule has 2 unspecified atom stereocenters. The number of hydrogen-bond acceptors (Lipinski definition) is 4. The van der Waals surface area contributed by atoms with E-state index in [4.69, 9.17) is 6.64 Å². The van der Waals surface area contributed by atoms with Crippen molar-refractivity contribution in [3.05, 3.63) is 155 Å². The van der Waals surface area contributed by atoms with Gasteiger partial charge in [0.25, 0.3) is 0 Å². The van der Waals surface area contributed by atoms with Crippen molar-refractivity contribution in [1.29, 1.82) is 0 Å². The molecule has 37 heavy (non-hydrogen) atoms. The second-order valence-electron chi connectivity index (χ2n) is 9.16. The number of hydrogen-bond donors (Lipinski definition) is 0. The second-order valence-corrected chi connectivity index (χ2v) is 14.0. The van der Waals surface area contributed by atoms with Crippen LogP contribution in [-0.2, 0) is 24.0 Å². The summed E-state index contributed by atoms with van der Waals surface area (Å²) < 4.78 is 12.5. The van der Waals surface area contributed by atoms with Crippen molar-refractivity contribution in [2.24, 2.45) is 0 Å². The Balaban J connectivity index is 1.54. The van der Waals surface area contributed by atoms with E-state index in [-0.39, 0.29) is 8.45 Å². The molecule has 0 radical (unpaired) electrons. The first-order valence-corrected chi connectivity index (χ1v) is 15.3. The van der Waals surface area contributed by atoms with E-state index in [1.165, 1.54) is 0 Å². The maximum atomic E-state index is 13.7. The zero-order valence-corrected chi connectivity index (χ0v) is 21.6. The van der Waals surface area contributed by atoms with E-state index in [0.717, 1.165) is 22.3 Å². The van der Waals surface area contributed by atoms with Crippen LogP contribution >= 0.6 is 0 Å². The number of rotatable bonds is 6. The van der Waals surface area contributed by atoms with Gasteiger partial charge in [-0.15, -0.1) is 0 Å². The van der Waals surface area contributed by atoms with Crippen LogP contribution in [0.3, 0.4) is 0 Å². The van der Waals surface area contributed by atoms with Crippen molar-refractivity contribution < 1.29 is 33.6 Å². The Morgan fingerprint density at radius 2 is 0.892 bits per heavy atom. The summed E-state index contributed by atoms with van der Waals surface area (Å²) in [7, 11) is 0. The normalized spacial score (nSPS) is 17.2. The van der Waals surface area contributed by atoms with Crippen LogP contribution < -0.4 is 0 Å². The molecule has 0 amide bonds. The summed E-state index contributed by atoms with van der Waals surface area (Å²) in [6.45, 7) is 0. The van der Waals surface area contributed by atoms with E-state index in [0.29, 0.717) is 11.1 Å². The molecule has 0 spiro atoms. The summed E-state index contributed by atoms with van der Waals surface area (Å²) in [5.74, 6) is -0.950. The molecule has 0 aromatic heterocycles. The Morgan fingerprint density at radius 3 is 1.32 bits per heavy atom. The fourth-order valence-electron chi connectivity index (χ4n) is 5.22. The number of benzene rings is 4. The Kier molecular flexibility index (Phi) is 6.21. The van der Waals surface area contributed by atoms with Crippen molar-refractivity contribution in [2.75, 3.05) is 0 Å². The van der Waals surface area contributed by atoms with Gasteiger partial charge < -0.3 is 0 Å². The number of allylic oxidation sites excluding steroid dienone is 2. The van der Waals surface area contributed by atoms with E-state index >= 15 is 0 Å². The van der Waals surface area contributed by atoms with Gasteiger partial charge in [-0.25, -0.2) is 0 Å². The van der Waals surface area contributed by atoms with Crippen LogP contribution in [0.1, 0.15) is 51.4 Å². The van der Waals surface area contributed by atoms with Crippen LogP contribution in [-0.4, -0.2) is 11.9 Å². The summed E-state index contributed by atoms with van der Waals surface area (Å²) in [5, 5.41) is 0. The molecule has 0 saturated heterocycles. The van der Waals surface area contributed by atoms with Crippen LogP contribution in [0, 0.1) is 0 Å². The van der Waals surface area contributed by atoms with Gasteiger partial charge in [-0.1, -0.05) is 0 Å². The topological polar surface area (TPSA) is 52.6 Å². The van der Waals surface area contributed by atoms with Crippen molar-refractivity contribution >= 4 is 24.1 Å². The number of carbonyl (C=O) groups is 2. The van der Waals surface area contributed by atoms with E-state index in [1.807, 2.05) is 72.8 Å². The predicted molar refractivity (Wildman–Crippen MR) is 140 cm³/mol. The standard InChI is InChI=1S/2C9H7.2C7H6O2.Ti/c2*1-2-5-9-7-3-6-8(9)4-1;2*8-7(9)6-4-2-1-3-5-6;/h2*1-7H;2*1-5H,(H,8,9);/q;;;;+2/p-2. The summed E-state index contributed by atoms with van der Waals surface area (Å²) in [6.07, 6.45) is 8.18. The van der Waals surface area contributed by atoms with Gasteiger partial charge in [-0.2, -0.15) is 0 Å². The van der Waals surface area contributed by atoms with Crippen LogP contribution in [0.5, 0.6) is 0 Å². The van der Waals surface area contributed by atoms with Crippen LogP contribution in [0.4, 0.5) is 0 Å². The summed E-state index contributed by atoms with van der Waals surface area (Å²) in [4.78, 5) is 27.4. The van der Waals surface area contributed by atoms with Crippen molar-refractivity contribution in [1.82, 2.24) is 0 Å². The fraction of sp³-hybridized carbons (Fsp3) is 0.0625. The molecule has 0 N–H and O–H groups in total.